The molecule has 0 amide bonds. The van der Waals surface area contributed by atoms with Gasteiger partial charge in [0.05, 0.1) is 6.61 Å². The molecule has 0 atom stereocenters. The van der Waals surface area contributed by atoms with Gasteiger partial charge in [-0.1, -0.05) is 30.3 Å². The van der Waals surface area contributed by atoms with E-state index >= 15 is 0 Å². The number of nitrogens with zero attached hydrogens (tertiary/aromatic N) is 1. The van der Waals surface area contributed by atoms with Gasteiger partial charge in [-0.05, 0) is 6.92 Å². The summed E-state index contributed by atoms with van der Waals surface area (Å²) in [6.45, 7) is 2.12. The van der Waals surface area contributed by atoms with Crippen molar-refractivity contribution >= 4 is 12.2 Å². The molecule has 0 unspecified atom stereocenters. The number of hydroxylamine groups is 1. The van der Waals surface area contributed by atoms with Crippen LogP contribution >= 0.6 is 0 Å². The van der Waals surface area contributed by atoms with Gasteiger partial charge < -0.3 is 9.94 Å². The number of hydrogen-bond acceptors (Lipinski definition) is 3. The third-order valence-electron chi connectivity index (χ3n) is 1.72. The summed E-state index contributed by atoms with van der Waals surface area (Å²) in [5.74, 6) is -0.608. The van der Waals surface area contributed by atoms with Crippen molar-refractivity contribution in [2.75, 3.05) is 6.61 Å². The molecule has 0 bridgehead atoms. The quantitative estimate of drug-likeness (QED) is 0.246. The van der Waals surface area contributed by atoms with E-state index in [1.807, 2.05) is 30.3 Å². The normalized spacial score (nSPS) is 11.1. The molecule has 1 aromatic carbocycles. The number of hydrogen-bond donors (Lipinski definition) is 0. The van der Waals surface area contributed by atoms with Gasteiger partial charge in [-0.2, -0.15) is 0 Å². The molecular formula is C11H13NO3. The van der Waals surface area contributed by atoms with Gasteiger partial charge >= 0.3 is 5.97 Å². The highest BCUT2D eigenvalue weighted by molar-refractivity contribution is 6.20. The van der Waals surface area contributed by atoms with E-state index in [1.54, 1.807) is 6.92 Å². The van der Waals surface area contributed by atoms with Crippen LogP contribution in [0.2, 0.25) is 0 Å². The molecule has 0 aromatic heterocycles. The van der Waals surface area contributed by atoms with Crippen molar-refractivity contribution in [3.05, 3.63) is 41.1 Å². The zero-order chi connectivity index (χ0) is 11.1. The largest absolute Gasteiger partial charge is 0.623 e. The Kier molecular flexibility index (Phi) is 4.34. The first kappa shape index (κ1) is 11.2. The maximum Gasteiger partial charge on any atom is 0.396 e. The van der Waals surface area contributed by atoms with Crippen molar-refractivity contribution in [3.8, 4) is 0 Å². The average Bonchev–Trinajstić information content (AvgIpc) is 2.19. The Hall–Kier alpha value is -1.84. The van der Waals surface area contributed by atoms with Crippen LogP contribution in [-0.2, 0) is 16.1 Å². The summed E-state index contributed by atoms with van der Waals surface area (Å²) in [5.41, 5.74) is 0.855. The zero-order valence-corrected chi connectivity index (χ0v) is 8.55. The molecular weight excluding hydrogens is 194 g/mol. The molecule has 0 aliphatic heterocycles. The monoisotopic (exact) mass is 207 g/mol. The molecule has 0 saturated carbocycles. The molecule has 0 saturated heterocycles. The minimum Gasteiger partial charge on any atom is -0.623 e. The van der Waals surface area contributed by atoms with Crippen LogP contribution in [0.25, 0.3) is 0 Å². The molecule has 1 rings (SSSR count). The van der Waals surface area contributed by atoms with Crippen LogP contribution in [0.3, 0.4) is 0 Å². The number of esters is 1. The Balaban J connectivity index is 2.55. The molecule has 80 valence electrons. The van der Waals surface area contributed by atoms with Crippen molar-refractivity contribution in [3.63, 3.8) is 0 Å². The average molecular weight is 207 g/mol. The lowest BCUT2D eigenvalue weighted by Crippen LogP contribution is -2.14. The van der Waals surface area contributed by atoms with Crippen LogP contribution in [-0.4, -0.2) is 23.5 Å². The lowest BCUT2D eigenvalue weighted by Gasteiger charge is -2.03. The lowest BCUT2D eigenvalue weighted by molar-refractivity contribution is -0.469. The van der Waals surface area contributed by atoms with Gasteiger partial charge in [0, 0.05) is 5.56 Å². The minimum atomic E-state index is -0.608. The maximum atomic E-state index is 11.3. The van der Waals surface area contributed by atoms with E-state index in [0.29, 0.717) is 4.74 Å². The topological polar surface area (TPSA) is 52.4 Å². The molecule has 0 aliphatic rings. The van der Waals surface area contributed by atoms with Crippen molar-refractivity contribution in [2.24, 2.45) is 0 Å². The lowest BCUT2D eigenvalue weighted by atomic mass is 10.2. The SMILES string of the molecule is CCOC(=O)/C=[N+](/[O-])Cc1ccccc1. The van der Waals surface area contributed by atoms with Gasteiger partial charge in [-0.25, -0.2) is 9.53 Å². The Morgan fingerprint density at radius 2 is 2.13 bits per heavy atom. The van der Waals surface area contributed by atoms with Gasteiger partial charge in [-0.15, -0.1) is 0 Å². The predicted octanol–water partition coefficient (Wildman–Crippen LogP) is 1.33. The zero-order valence-electron chi connectivity index (χ0n) is 8.55. The molecule has 0 fully saturated rings. The van der Waals surface area contributed by atoms with Gasteiger partial charge in [0.2, 0.25) is 0 Å². The van der Waals surface area contributed by atoms with Crippen LogP contribution in [0, 0.1) is 5.21 Å². The molecule has 4 nitrogen and oxygen atoms in total. The van der Waals surface area contributed by atoms with Crippen molar-refractivity contribution in [1.82, 2.24) is 0 Å². The van der Waals surface area contributed by atoms with E-state index in [1.165, 1.54) is 0 Å². The summed E-state index contributed by atoms with van der Waals surface area (Å²) in [7, 11) is 0. The number of carbonyl (C=O) groups is 1. The highest BCUT2D eigenvalue weighted by Crippen LogP contribution is 1.99. The smallest absolute Gasteiger partial charge is 0.396 e. The van der Waals surface area contributed by atoms with Crippen molar-refractivity contribution in [2.45, 2.75) is 13.5 Å². The predicted molar refractivity (Wildman–Crippen MR) is 56.5 cm³/mol. The molecule has 0 aliphatic carbocycles. The highest BCUT2D eigenvalue weighted by atomic mass is 16.5. The standard InChI is InChI=1S/C11H13NO3/c1-2-15-11(13)9-12(14)8-10-6-4-3-5-7-10/h3-7,9H,2,8H2,1H3/b12-9+. The van der Waals surface area contributed by atoms with E-state index in [0.717, 1.165) is 11.8 Å². The fourth-order valence-corrected chi connectivity index (χ4v) is 1.11. The van der Waals surface area contributed by atoms with Crippen LogP contribution in [0.4, 0.5) is 0 Å². The molecule has 4 heteroatoms. The van der Waals surface area contributed by atoms with Crippen LogP contribution in [0.1, 0.15) is 12.5 Å². The third-order valence-corrected chi connectivity index (χ3v) is 1.72. The van der Waals surface area contributed by atoms with E-state index in [4.69, 9.17) is 0 Å². The molecule has 0 radical (unpaired) electrons. The third kappa shape index (κ3) is 4.26. The molecule has 0 heterocycles. The van der Waals surface area contributed by atoms with Gasteiger partial charge in [0.1, 0.15) is 0 Å². The van der Waals surface area contributed by atoms with Crippen molar-refractivity contribution < 1.29 is 14.3 Å². The van der Waals surface area contributed by atoms with E-state index < -0.39 is 5.97 Å². The Morgan fingerprint density at radius 3 is 2.73 bits per heavy atom. The summed E-state index contributed by atoms with van der Waals surface area (Å²) in [5, 5.41) is 11.3. The van der Waals surface area contributed by atoms with E-state index in [-0.39, 0.29) is 13.2 Å². The first-order valence-electron chi connectivity index (χ1n) is 4.71. The van der Waals surface area contributed by atoms with Gasteiger partial charge in [0.15, 0.2) is 6.54 Å². The number of carbonyl (C=O) groups excluding carboxylic acids is 1. The second-order valence-electron chi connectivity index (χ2n) is 2.94. The van der Waals surface area contributed by atoms with Gasteiger partial charge in [0.25, 0.3) is 6.21 Å². The first-order valence-corrected chi connectivity index (χ1v) is 4.71. The first-order chi connectivity index (χ1) is 7.22. The summed E-state index contributed by atoms with van der Waals surface area (Å²) in [4.78, 5) is 10.9. The number of benzene rings is 1. The van der Waals surface area contributed by atoms with Crippen LogP contribution in [0.5, 0.6) is 0 Å². The summed E-state index contributed by atoms with van der Waals surface area (Å²) < 4.78 is 5.18. The summed E-state index contributed by atoms with van der Waals surface area (Å²) >= 11 is 0. The van der Waals surface area contributed by atoms with Gasteiger partial charge in [-0.3, -0.25) is 0 Å². The Bertz CT molecular complexity index is 346. The molecule has 0 spiro atoms. The maximum absolute atomic E-state index is 11.3. The summed E-state index contributed by atoms with van der Waals surface area (Å²) in [6.07, 6.45) is 0.913. The molecule has 1 aromatic rings. The Morgan fingerprint density at radius 1 is 1.47 bits per heavy atom. The fraction of sp³-hybridized carbons (Fsp3) is 0.273. The molecule has 0 N–H and O–H groups in total. The Labute approximate surface area is 88.4 Å². The number of rotatable bonds is 4. The van der Waals surface area contributed by atoms with Crippen LogP contribution in [0.15, 0.2) is 30.3 Å². The van der Waals surface area contributed by atoms with E-state index in [2.05, 4.69) is 4.74 Å². The second-order valence-corrected chi connectivity index (χ2v) is 2.94. The highest BCUT2D eigenvalue weighted by Gasteiger charge is 2.03. The van der Waals surface area contributed by atoms with E-state index in [9.17, 15) is 10.0 Å². The fourth-order valence-electron chi connectivity index (χ4n) is 1.11. The minimum absolute atomic E-state index is 0.152. The van der Waals surface area contributed by atoms with Crippen LogP contribution < -0.4 is 0 Å². The second kappa shape index (κ2) is 5.80. The molecule has 15 heavy (non-hydrogen) atoms. The number of ether oxygens (including phenoxy) is 1. The summed E-state index contributed by atoms with van der Waals surface area (Å²) in [6, 6.07) is 9.20. The van der Waals surface area contributed by atoms with Crippen molar-refractivity contribution in [1.29, 1.82) is 0 Å².